The summed E-state index contributed by atoms with van der Waals surface area (Å²) >= 11 is 0. The molecule has 4 aromatic carbocycles. The number of carbonyl (C=O) groups excluding carboxylic acids is 1. The van der Waals surface area contributed by atoms with Crippen LogP contribution in [0.3, 0.4) is 0 Å². The Bertz CT molecular complexity index is 1350. The molecule has 0 aliphatic carbocycles. The number of fused-ring (bicyclic) bond motifs is 3. The minimum Gasteiger partial charge on any atom is -0.439 e. The number of allylic oxidation sites excluding steroid dienone is 1. The first-order valence-corrected chi connectivity index (χ1v) is 10.0. The summed E-state index contributed by atoms with van der Waals surface area (Å²) in [5.41, 5.74) is 2.76. The van der Waals surface area contributed by atoms with Crippen molar-refractivity contribution in [3.8, 4) is 11.8 Å². The number of amides is 1. The molecule has 0 spiro atoms. The Hall–Kier alpha value is -4.36. The minimum absolute atomic E-state index is 0.174. The van der Waals surface area contributed by atoms with E-state index in [0.717, 1.165) is 21.9 Å². The lowest BCUT2D eigenvalue weighted by atomic mass is 9.81. The lowest BCUT2D eigenvalue weighted by molar-refractivity contribution is 0.0947. The van der Waals surface area contributed by atoms with Crippen molar-refractivity contribution in [2.24, 2.45) is 0 Å². The number of hydrogen-bond acceptors (Lipinski definition) is 3. The Kier molecular flexibility index (Phi) is 4.70. The van der Waals surface area contributed by atoms with Gasteiger partial charge in [-0.15, -0.1) is 0 Å². The number of nitrogens with one attached hydrogen (secondary N) is 1. The third-order valence-electron chi connectivity index (χ3n) is 5.48. The van der Waals surface area contributed by atoms with Crippen LogP contribution in [0.15, 0.2) is 109 Å². The molecule has 0 saturated heterocycles. The van der Waals surface area contributed by atoms with Crippen LogP contribution in [-0.4, -0.2) is 5.91 Å². The molecule has 0 radical (unpaired) electrons. The molecule has 1 heterocycles. The zero-order valence-electron chi connectivity index (χ0n) is 16.6. The summed E-state index contributed by atoms with van der Waals surface area (Å²) in [4.78, 5) is 12.8. The highest BCUT2D eigenvalue weighted by atomic mass is 16.5. The number of hydrogen-bond donors (Lipinski definition) is 1. The van der Waals surface area contributed by atoms with Crippen LogP contribution in [0.25, 0.3) is 10.8 Å². The first-order valence-electron chi connectivity index (χ1n) is 10.0. The minimum atomic E-state index is -0.355. The van der Waals surface area contributed by atoms with Gasteiger partial charge < -0.3 is 4.74 Å². The van der Waals surface area contributed by atoms with E-state index in [1.807, 2.05) is 72.8 Å². The maximum Gasteiger partial charge on any atom is 0.257 e. The van der Waals surface area contributed by atoms with Gasteiger partial charge >= 0.3 is 0 Å². The lowest BCUT2D eigenvalue weighted by Gasteiger charge is -2.29. The van der Waals surface area contributed by atoms with Crippen molar-refractivity contribution in [2.75, 3.05) is 0 Å². The van der Waals surface area contributed by atoms with Gasteiger partial charge in [-0.05, 0) is 34.5 Å². The Morgan fingerprint density at radius 3 is 2.26 bits per heavy atom. The Balaban J connectivity index is 1.69. The van der Waals surface area contributed by atoms with Gasteiger partial charge in [-0.3, -0.25) is 10.1 Å². The number of nitriles is 1. The number of carbonyl (C=O) groups is 1. The van der Waals surface area contributed by atoms with Crippen LogP contribution in [-0.2, 0) is 0 Å². The fourth-order valence-corrected chi connectivity index (χ4v) is 4.05. The smallest absolute Gasteiger partial charge is 0.257 e. The molecule has 1 aliphatic heterocycles. The molecule has 5 rings (SSSR count). The average Bonchev–Trinajstić information content (AvgIpc) is 2.84. The van der Waals surface area contributed by atoms with Gasteiger partial charge in [0.1, 0.15) is 17.4 Å². The zero-order valence-corrected chi connectivity index (χ0v) is 16.6. The SMILES string of the molecule is N#CC1=C(NC(=O)c2ccccc2)Oc2ccc3ccccc3c2C1c1ccccc1. The lowest BCUT2D eigenvalue weighted by Crippen LogP contribution is -2.31. The van der Waals surface area contributed by atoms with Gasteiger partial charge in [-0.1, -0.05) is 78.9 Å². The van der Waals surface area contributed by atoms with Crippen LogP contribution in [0, 0.1) is 11.3 Å². The topological polar surface area (TPSA) is 62.1 Å². The maximum absolute atomic E-state index is 12.8. The first-order chi connectivity index (χ1) is 15.3. The Labute approximate surface area is 180 Å². The fraction of sp³-hybridized carbons (Fsp3) is 0.0370. The fourth-order valence-electron chi connectivity index (χ4n) is 4.05. The Morgan fingerprint density at radius 1 is 0.839 bits per heavy atom. The van der Waals surface area contributed by atoms with Crippen molar-refractivity contribution in [3.63, 3.8) is 0 Å². The van der Waals surface area contributed by atoms with Crippen LogP contribution in [0.4, 0.5) is 0 Å². The first kappa shape index (κ1) is 18.7. The van der Waals surface area contributed by atoms with Gasteiger partial charge in [0.2, 0.25) is 5.88 Å². The van der Waals surface area contributed by atoms with E-state index < -0.39 is 0 Å². The highest BCUT2D eigenvalue weighted by molar-refractivity contribution is 5.96. The highest BCUT2D eigenvalue weighted by Gasteiger charge is 2.33. The molecular formula is C27H18N2O2. The molecule has 4 nitrogen and oxygen atoms in total. The van der Waals surface area contributed by atoms with E-state index in [1.54, 1.807) is 24.3 Å². The summed E-state index contributed by atoms with van der Waals surface area (Å²) in [6.07, 6.45) is 0. The number of nitrogens with zero attached hydrogens (tertiary/aromatic N) is 1. The van der Waals surface area contributed by atoms with E-state index in [2.05, 4.69) is 11.4 Å². The third kappa shape index (κ3) is 3.33. The summed E-state index contributed by atoms with van der Waals surface area (Å²) < 4.78 is 6.11. The van der Waals surface area contributed by atoms with E-state index in [-0.39, 0.29) is 17.7 Å². The Morgan fingerprint density at radius 2 is 1.52 bits per heavy atom. The van der Waals surface area contributed by atoms with Crippen molar-refractivity contribution in [1.82, 2.24) is 5.32 Å². The summed E-state index contributed by atoms with van der Waals surface area (Å²) in [5, 5.41) is 15.0. The van der Waals surface area contributed by atoms with Crippen molar-refractivity contribution >= 4 is 16.7 Å². The van der Waals surface area contributed by atoms with Gasteiger partial charge in [0, 0.05) is 11.1 Å². The number of ether oxygens (including phenoxy) is 1. The van der Waals surface area contributed by atoms with Crippen molar-refractivity contribution < 1.29 is 9.53 Å². The van der Waals surface area contributed by atoms with E-state index in [1.165, 1.54) is 0 Å². The van der Waals surface area contributed by atoms with Crippen molar-refractivity contribution in [1.29, 1.82) is 5.26 Å². The van der Waals surface area contributed by atoms with E-state index in [9.17, 15) is 10.1 Å². The predicted molar refractivity (Wildman–Crippen MR) is 119 cm³/mol. The van der Waals surface area contributed by atoms with Gasteiger partial charge in [-0.2, -0.15) is 5.26 Å². The molecule has 0 bridgehead atoms. The van der Waals surface area contributed by atoms with Crippen LogP contribution < -0.4 is 10.1 Å². The van der Waals surface area contributed by atoms with Crippen LogP contribution in [0.2, 0.25) is 0 Å². The maximum atomic E-state index is 12.8. The largest absolute Gasteiger partial charge is 0.439 e. The van der Waals surface area contributed by atoms with E-state index in [4.69, 9.17) is 4.74 Å². The molecule has 1 aliphatic rings. The summed E-state index contributed by atoms with van der Waals surface area (Å²) in [7, 11) is 0. The molecule has 0 aromatic heterocycles. The van der Waals surface area contributed by atoms with Crippen molar-refractivity contribution in [2.45, 2.75) is 5.92 Å². The van der Waals surface area contributed by atoms with Gasteiger partial charge in [-0.25, -0.2) is 0 Å². The van der Waals surface area contributed by atoms with Gasteiger partial charge in [0.05, 0.1) is 5.92 Å². The second-order valence-electron chi connectivity index (χ2n) is 7.32. The second-order valence-corrected chi connectivity index (χ2v) is 7.32. The third-order valence-corrected chi connectivity index (χ3v) is 5.48. The van der Waals surface area contributed by atoms with Gasteiger partial charge in [0.25, 0.3) is 5.91 Å². The zero-order chi connectivity index (χ0) is 21.2. The number of rotatable bonds is 3. The summed E-state index contributed by atoms with van der Waals surface area (Å²) in [5.74, 6) is 0.134. The molecular weight excluding hydrogens is 384 g/mol. The quantitative estimate of drug-likeness (QED) is 0.490. The number of benzene rings is 4. The normalized spacial score (nSPS) is 15.0. The predicted octanol–water partition coefficient (Wildman–Crippen LogP) is 5.53. The highest BCUT2D eigenvalue weighted by Crippen LogP contribution is 2.45. The molecule has 4 heteroatoms. The molecule has 148 valence electrons. The molecule has 1 N–H and O–H groups in total. The van der Waals surface area contributed by atoms with Crippen LogP contribution in [0.5, 0.6) is 5.75 Å². The van der Waals surface area contributed by atoms with Crippen LogP contribution in [0.1, 0.15) is 27.4 Å². The van der Waals surface area contributed by atoms with Crippen molar-refractivity contribution in [3.05, 3.63) is 125 Å². The average molecular weight is 402 g/mol. The van der Waals surface area contributed by atoms with E-state index in [0.29, 0.717) is 16.9 Å². The molecule has 1 amide bonds. The standard InChI is InChI=1S/C27H18N2O2/c28-17-22-24(19-10-3-1-4-11-19)25-21-14-8-7-9-18(21)15-16-23(25)31-27(22)29-26(30)20-12-5-2-6-13-20/h1-16,24H,(H,29,30). The molecule has 1 unspecified atom stereocenters. The molecule has 4 aromatic rings. The van der Waals surface area contributed by atoms with E-state index >= 15 is 0 Å². The molecule has 31 heavy (non-hydrogen) atoms. The van der Waals surface area contributed by atoms with Crippen LogP contribution >= 0.6 is 0 Å². The molecule has 0 saturated carbocycles. The summed E-state index contributed by atoms with van der Waals surface area (Å²) in [6.45, 7) is 0. The summed E-state index contributed by atoms with van der Waals surface area (Å²) in [6, 6.07) is 33.0. The molecule has 0 fully saturated rings. The second kappa shape index (κ2) is 7.81. The molecule has 1 atom stereocenters. The van der Waals surface area contributed by atoms with Gasteiger partial charge in [0.15, 0.2) is 0 Å². The monoisotopic (exact) mass is 402 g/mol.